The largest absolute Gasteiger partial charge is 0.377 e. The molecule has 0 aliphatic heterocycles. The van der Waals surface area contributed by atoms with Crippen molar-refractivity contribution in [2.45, 2.75) is 33.4 Å². The van der Waals surface area contributed by atoms with Crippen molar-refractivity contribution < 1.29 is 0 Å². The summed E-state index contributed by atoms with van der Waals surface area (Å²) in [6, 6.07) is 2.40. The number of halogens is 1. The van der Waals surface area contributed by atoms with E-state index in [1.165, 1.54) is 0 Å². The first-order valence-electron chi connectivity index (χ1n) is 5.84. The second-order valence-electron chi connectivity index (χ2n) is 4.54. The summed E-state index contributed by atoms with van der Waals surface area (Å²) in [5.74, 6) is 0. The van der Waals surface area contributed by atoms with Gasteiger partial charge in [-0.3, -0.25) is 9.36 Å². The lowest BCUT2D eigenvalue weighted by Crippen LogP contribution is -2.02. The molecule has 2 aromatic heterocycles. The smallest absolute Gasteiger partial charge is 0.0825 e. The average Bonchev–Trinajstić information content (AvgIpc) is 2.82. The van der Waals surface area contributed by atoms with Crippen molar-refractivity contribution >= 4 is 18.1 Å². The van der Waals surface area contributed by atoms with Gasteiger partial charge in [-0.1, -0.05) is 0 Å². The van der Waals surface area contributed by atoms with E-state index in [4.69, 9.17) is 0 Å². The van der Waals surface area contributed by atoms with Gasteiger partial charge in [-0.25, -0.2) is 0 Å². The van der Waals surface area contributed by atoms with Crippen LogP contribution in [0.1, 0.15) is 31.3 Å². The number of hydrogen-bond acceptors (Lipinski definition) is 3. The molecule has 2 aromatic rings. The molecule has 0 bridgehead atoms. The summed E-state index contributed by atoms with van der Waals surface area (Å²) < 4.78 is 3.78. The van der Waals surface area contributed by atoms with Crippen LogP contribution in [0.5, 0.6) is 0 Å². The number of anilines is 1. The van der Waals surface area contributed by atoms with Crippen LogP contribution in [0.2, 0.25) is 0 Å². The Balaban J connectivity index is 0.00000162. The monoisotopic (exact) mass is 269 g/mol. The highest BCUT2D eigenvalue weighted by Crippen LogP contribution is 2.16. The van der Waals surface area contributed by atoms with Crippen molar-refractivity contribution in [1.82, 2.24) is 19.6 Å². The van der Waals surface area contributed by atoms with Gasteiger partial charge in [0.15, 0.2) is 0 Å². The third-order valence-electron chi connectivity index (χ3n) is 2.67. The SMILES string of the molecule is Cc1nn(C(C)C)cc1NCc1ccn(C)n1.Cl. The number of aromatic nitrogens is 4. The fraction of sp³-hybridized carbons (Fsp3) is 0.500. The topological polar surface area (TPSA) is 47.7 Å². The fourth-order valence-electron chi connectivity index (χ4n) is 1.66. The van der Waals surface area contributed by atoms with Gasteiger partial charge in [0.2, 0.25) is 0 Å². The Labute approximate surface area is 114 Å². The Hall–Kier alpha value is -1.49. The van der Waals surface area contributed by atoms with Crippen molar-refractivity contribution in [2.24, 2.45) is 7.05 Å². The molecule has 0 fully saturated rings. The summed E-state index contributed by atoms with van der Waals surface area (Å²) in [6.45, 7) is 6.98. The predicted molar refractivity (Wildman–Crippen MR) is 75.1 cm³/mol. The lowest BCUT2D eigenvalue weighted by Gasteiger charge is -2.03. The molecule has 5 nitrogen and oxygen atoms in total. The Morgan fingerprint density at radius 3 is 2.56 bits per heavy atom. The second-order valence-corrected chi connectivity index (χ2v) is 4.54. The van der Waals surface area contributed by atoms with Gasteiger partial charge in [0.1, 0.15) is 0 Å². The van der Waals surface area contributed by atoms with Gasteiger partial charge in [0, 0.05) is 25.5 Å². The minimum atomic E-state index is 0. The molecule has 0 aliphatic rings. The third kappa shape index (κ3) is 3.26. The molecule has 18 heavy (non-hydrogen) atoms. The molecule has 0 aromatic carbocycles. The lowest BCUT2D eigenvalue weighted by atomic mass is 10.3. The average molecular weight is 270 g/mol. The second kappa shape index (κ2) is 5.91. The lowest BCUT2D eigenvalue weighted by molar-refractivity contribution is 0.529. The molecular formula is C12H20ClN5. The maximum absolute atomic E-state index is 4.46. The van der Waals surface area contributed by atoms with E-state index in [2.05, 4.69) is 29.4 Å². The number of aryl methyl sites for hydroxylation is 2. The van der Waals surface area contributed by atoms with E-state index >= 15 is 0 Å². The normalized spacial score (nSPS) is 10.5. The number of rotatable bonds is 4. The quantitative estimate of drug-likeness (QED) is 0.928. The summed E-state index contributed by atoms with van der Waals surface area (Å²) in [7, 11) is 1.92. The Morgan fingerprint density at radius 2 is 2.06 bits per heavy atom. The first-order chi connectivity index (χ1) is 8.06. The van der Waals surface area contributed by atoms with Gasteiger partial charge in [-0.05, 0) is 26.8 Å². The van der Waals surface area contributed by atoms with Crippen molar-refractivity contribution in [3.05, 3.63) is 29.8 Å². The van der Waals surface area contributed by atoms with Crippen LogP contribution in [-0.2, 0) is 13.6 Å². The maximum atomic E-state index is 4.46. The molecule has 0 spiro atoms. The predicted octanol–water partition coefficient (Wildman–Crippen LogP) is 2.54. The van der Waals surface area contributed by atoms with Gasteiger partial charge in [0.25, 0.3) is 0 Å². The van der Waals surface area contributed by atoms with Gasteiger partial charge in [-0.2, -0.15) is 10.2 Å². The van der Waals surface area contributed by atoms with Crippen LogP contribution < -0.4 is 5.32 Å². The Bertz CT molecular complexity index is 500. The summed E-state index contributed by atoms with van der Waals surface area (Å²) in [5.41, 5.74) is 3.13. The molecule has 0 amide bonds. The van der Waals surface area contributed by atoms with Crippen LogP contribution >= 0.6 is 12.4 Å². The van der Waals surface area contributed by atoms with Crippen molar-refractivity contribution in [3.8, 4) is 0 Å². The maximum Gasteiger partial charge on any atom is 0.0825 e. The van der Waals surface area contributed by atoms with Crippen LogP contribution in [0.25, 0.3) is 0 Å². The summed E-state index contributed by atoms with van der Waals surface area (Å²) >= 11 is 0. The summed E-state index contributed by atoms with van der Waals surface area (Å²) in [6.07, 6.45) is 3.99. The molecule has 1 N–H and O–H groups in total. The zero-order chi connectivity index (χ0) is 12.4. The Morgan fingerprint density at radius 1 is 1.33 bits per heavy atom. The Kier molecular flexibility index (Phi) is 4.78. The minimum Gasteiger partial charge on any atom is -0.377 e. The van der Waals surface area contributed by atoms with Crippen molar-refractivity contribution in [2.75, 3.05) is 5.32 Å². The molecule has 0 radical (unpaired) electrons. The van der Waals surface area contributed by atoms with E-state index < -0.39 is 0 Å². The van der Waals surface area contributed by atoms with Crippen molar-refractivity contribution in [3.63, 3.8) is 0 Å². The molecule has 0 saturated carbocycles. The summed E-state index contributed by atoms with van der Waals surface area (Å²) in [5, 5.41) is 12.1. The first kappa shape index (κ1) is 14.6. The van der Waals surface area contributed by atoms with Crippen LogP contribution in [0.15, 0.2) is 18.5 Å². The van der Waals surface area contributed by atoms with E-state index in [0.717, 1.165) is 23.6 Å². The van der Waals surface area contributed by atoms with Gasteiger partial charge in [0.05, 0.1) is 23.6 Å². The first-order valence-corrected chi connectivity index (χ1v) is 5.84. The zero-order valence-corrected chi connectivity index (χ0v) is 12.0. The van der Waals surface area contributed by atoms with Crippen LogP contribution in [0.3, 0.4) is 0 Å². The zero-order valence-electron chi connectivity index (χ0n) is 11.2. The fourth-order valence-corrected chi connectivity index (χ4v) is 1.66. The minimum absolute atomic E-state index is 0. The highest BCUT2D eigenvalue weighted by Gasteiger charge is 2.07. The standard InChI is InChI=1S/C12H19N5.ClH/c1-9(2)17-8-12(10(3)14-17)13-7-11-5-6-16(4)15-11;/h5-6,8-9,13H,7H2,1-4H3;1H. The van der Waals surface area contributed by atoms with Gasteiger partial charge >= 0.3 is 0 Å². The molecule has 0 saturated heterocycles. The third-order valence-corrected chi connectivity index (χ3v) is 2.67. The van der Waals surface area contributed by atoms with Crippen molar-refractivity contribution in [1.29, 1.82) is 0 Å². The van der Waals surface area contributed by atoms with E-state index in [1.807, 2.05) is 37.1 Å². The molecule has 6 heteroatoms. The number of nitrogens with one attached hydrogen (secondary N) is 1. The van der Waals surface area contributed by atoms with Crippen LogP contribution in [-0.4, -0.2) is 19.6 Å². The molecular weight excluding hydrogens is 250 g/mol. The van der Waals surface area contributed by atoms with Gasteiger partial charge < -0.3 is 5.32 Å². The van der Waals surface area contributed by atoms with E-state index in [1.54, 1.807) is 4.68 Å². The van der Waals surface area contributed by atoms with E-state index in [0.29, 0.717) is 6.04 Å². The molecule has 2 heterocycles. The molecule has 2 rings (SSSR count). The molecule has 100 valence electrons. The van der Waals surface area contributed by atoms with Crippen LogP contribution in [0, 0.1) is 6.92 Å². The number of nitrogens with zero attached hydrogens (tertiary/aromatic N) is 4. The molecule has 0 aliphatic carbocycles. The highest BCUT2D eigenvalue weighted by molar-refractivity contribution is 5.85. The van der Waals surface area contributed by atoms with Gasteiger partial charge in [-0.15, -0.1) is 12.4 Å². The molecule has 0 atom stereocenters. The van der Waals surface area contributed by atoms with E-state index in [-0.39, 0.29) is 12.4 Å². The highest BCUT2D eigenvalue weighted by atomic mass is 35.5. The number of hydrogen-bond donors (Lipinski definition) is 1. The summed E-state index contributed by atoms with van der Waals surface area (Å²) in [4.78, 5) is 0. The van der Waals surface area contributed by atoms with E-state index in [9.17, 15) is 0 Å². The molecule has 0 unspecified atom stereocenters. The van der Waals surface area contributed by atoms with Crippen LogP contribution in [0.4, 0.5) is 5.69 Å².